The number of carboxylic acid groups (broad SMARTS) is 1. The Labute approximate surface area is 118 Å². The predicted molar refractivity (Wildman–Crippen MR) is 71.0 cm³/mol. The molecule has 6 heteroatoms. The van der Waals surface area contributed by atoms with Crippen molar-refractivity contribution >= 4 is 29.2 Å². The summed E-state index contributed by atoms with van der Waals surface area (Å²) in [6.07, 6.45) is 1.03. The summed E-state index contributed by atoms with van der Waals surface area (Å²) in [6, 6.07) is 5.77. The molecule has 0 radical (unpaired) electrons. The van der Waals surface area contributed by atoms with E-state index >= 15 is 0 Å². The molecule has 0 fully saturated rings. The minimum atomic E-state index is -1.05. The van der Waals surface area contributed by atoms with Crippen molar-refractivity contribution in [2.24, 2.45) is 0 Å². The fraction of sp³-hybridized carbons (Fsp3) is 0.0769. The first kappa shape index (κ1) is 13.8. The molecule has 0 amide bonds. The number of carboxylic acids is 1. The van der Waals surface area contributed by atoms with E-state index in [2.05, 4.69) is 4.98 Å². The van der Waals surface area contributed by atoms with Crippen LogP contribution >= 0.6 is 23.2 Å². The maximum Gasteiger partial charge on any atom is 0.307 e. The number of nitrogens with zero attached hydrogens (tertiary/aromatic N) is 1. The lowest BCUT2D eigenvalue weighted by Gasteiger charge is -2.07. The van der Waals surface area contributed by atoms with Gasteiger partial charge < -0.3 is 5.11 Å². The zero-order valence-corrected chi connectivity index (χ0v) is 11.0. The van der Waals surface area contributed by atoms with Gasteiger partial charge >= 0.3 is 5.97 Å². The number of aliphatic carboxylic acids is 1. The Hall–Kier alpha value is -1.65. The van der Waals surface area contributed by atoms with E-state index in [9.17, 15) is 9.18 Å². The number of carbonyl (C=O) groups is 1. The molecule has 0 aliphatic carbocycles. The highest BCUT2D eigenvalue weighted by molar-refractivity contribution is 6.35. The minimum absolute atomic E-state index is 0.0432. The Kier molecular flexibility index (Phi) is 4.02. The lowest BCUT2D eigenvalue weighted by molar-refractivity contribution is -0.136. The number of halogens is 3. The molecule has 0 aliphatic rings. The highest BCUT2D eigenvalue weighted by atomic mass is 35.5. The highest BCUT2D eigenvalue weighted by Crippen LogP contribution is 2.31. The van der Waals surface area contributed by atoms with Crippen LogP contribution in [0.5, 0.6) is 0 Å². The van der Waals surface area contributed by atoms with Gasteiger partial charge in [-0.15, -0.1) is 0 Å². The van der Waals surface area contributed by atoms with Gasteiger partial charge in [0.05, 0.1) is 11.4 Å². The van der Waals surface area contributed by atoms with Crippen LogP contribution in [0.4, 0.5) is 4.39 Å². The third kappa shape index (κ3) is 3.22. The van der Waals surface area contributed by atoms with Crippen LogP contribution in [0.2, 0.25) is 10.0 Å². The maximum absolute atomic E-state index is 13.9. The summed E-state index contributed by atoms with van der Waals surface area (Å²) in [7, 11) is 0. The van der Waals surface area contributed by atoms with E-state index in [-0.39, 0.29) is 17.7 Å². The van der Waals surface area contributed by atoms with Crippen LogP contribution in [0.1, 0.15) is 5.56 Å². The Morgan fingerprint density at radius 2 is 2.05 bits per heavy atom. The molecule has 1 N–H and O–H groups in total. The molecule has 0 saturated heterocycles. The number of benzene rings is 1. The van der Waals surface area contributed by atoms with E-state index in [1.807, 2.05) is 0 Å². The second-order valence-corrected chi connectivity index (χ2v) is 4.71. The SMILES string of the molecule is O=C(O)Cc1cnc(-c2cc(Cl)ccc2Cl)c(F)c1. The van der Waals surface area contributed by atoms with Gasteiger partial charge in [-0.1, -0.05) is 23.2 Å². The minimum Gasteiger partial charge on any atom is -0.481 e. The lowest BCUT2D eigenvalue weighted by atomic mass is 10.1. The summed E-state index contributed by atoms with van der Waals surface area (Å²) in [5.41, 5.74) is 0.696. The second-order valence-electron chi connectivity index (χ2n) is 3.87. The third-order valence-electron chi connectivity index (χ3n) is 2.44. The molecule has 1 aromatic carbocycles. The first-order chi connectivity index (χ1) is 8.97. The summed E-state index contributed by atoms with van der Waals surface area (Å²) in [5, 5.41) is 9.37. The topological polar surface area (TPSA) is 50.2 Å². The van der Waals surface area contributed by atoms with Crippen molar-refractivity contribution in [1.82, 2.24) is 4.98 Å². The Morgan fingerprint density at radius 1 is 1.32 bits per heavy atom. The van der Waals surface area contributed by atoms with E-state index in [1.165, 1.54) is 12.3 Å². The molecule has 2 aromatic rings. The molecule has 0 bridgehead atoms. The Morgan fingerprint density at radius 3 is 2.68 bits per heavy atom. The zero-order chi connectivity index (χ0) is 14.0. The van der Waals surface area contributed by atoms with Gasteiger partial charge in [0.15, 0.2) is 0 Å². The third-order valence-corrected chi connectivity index (χ3v) is 3.00. The van der Waals surface area contributed by atoms with E-state index in [4.69, 9.17) is 28.3 Å². The van der Waals surface area contributed by atoms with Gasteiger partial charge in [-0.3, -0.25) is 9.78 Å². The number of aromatic nitrogens is 1. The summed E-state index contributed by atoms with van der Waals surface area (Å²) >= 11 is 11.8. The molecular weight excluding hydrogens is 292 g/mol. The van der Waals surface area contributed by atoms with Crippen LogP contribution < -0.4 is 0 Å². The van der Waals surface area contributed by atoms with Crippen molar-refractivity contribution in [1.29, 1.82) is 0 Å². The molecular formula is C13H8Cl2FNO2. The number of pyridine rings is 1. The molecule has 0 spiro atoms. The molecule has 0 aliphatic heterocycles. The van der Waals surface area contributed by atoms with Crippen molar-refractivity contribution in [2.75, 3.05) is 0 Å². The molecule has 0 atom stereocenters. The quantitative estimate of drug-likeness (QED) is 0.937. The second kappa shape index (κ2) is 5.55. The Balaban J connectivity index is 2.46. The largest absolute Gasteiger partial charge is 0.481 e. The van der Waals surface area contributed by atoms with E-state index in [0.29, 0.717) is 15.6 Å². The summed E-state index contributed by atoms with van der Waals surface area (Å²) in [4.78, 5) is 14.5. The van der Waals surface area contributed by atoms with E-state index in [0.717, 1.165) is 6.07 Å². The summed E-state index contributed by atoms with van der Waals surface area (Å²) in [6.45, 7) is 0. The zero-order valence-electron chi connectivity index (χ0n) is 9.53. The van der Waals surface area contributed by atoms with Crippen LogP contribution in [-0.2, 0) is 11.2 Å². The predicted octanol–water partition coefficient (Wildman–Crippen LogP) is 3.82. The van der Waals surface area contributed by atoms with Crippen LogP contribution in [0.25, 0.3) is 11.3 Å². The number of rotatable bonds is 3. The van der Waals surface area contributed by atoms with Crippen LogP contribution in [0.3, 0.4) is 0 Å². The molecule has 1 heterocycles. The van der Waals surface area contributed by atoms with Crippen molar-refractivity contribution < 1.29 is 14.3 Å². The van der Waals surface area contributed by atoms with Crippen molar-refractivity contribution in [3.63, 3.8) is 0 Å². The number of hydrogen-bond donors (Lipinski definition) is 1. The smallest absolute Gasteiger partial charge is 0.307 e. The molecule has 98 valence electrons. The summed E-state index contributed by atoms with van der Waals surface area (Å²) < 4.78 is 13.9. The standard InChI is InChI=1S/C13H8Cl2FNO2/c14-8-1-2-10(15)9(5-8)13-11(16)3-7(6-17-13)4-12(18)19/h1-3,5-6H,4H2,(H,18,19). The monoisotopic (exact) mass is 299 g/mol. The normalized spacial score (nSPS) is 10.5. The van der Waals surface area contributed by atoms with Crippen LogP contribution in [0.15, 0.2) is 30.5 Å². The van der Waals surface area contributed by atoms with Crippen LogP contribution in [-0.4, -0.2) is 16.1 Å². The van der Waals surface area contributed by atoms with Gasteiger partial charge in [0.2, 0.25) is 0 Å². The van der Waals surface area contributed by atoms with Gasteiger partial charge in [-0.25, -0.2) is 4.39 Å². The summed E-state index contributed by atoms with van der Waals surface area (Å²) in [5.74, 6) is -1.68. The first-order valence-corrected chi connectivity index (χ1v) is 6.04. The first-order valence-electron chi connectivity index (χ1n) is 5.29. The average molecular weight is 300 g/mol. The average Bonchev–Trinajstić information content (AvgIpc) is 2.32. The lowest BCUT2D eigenvalue weighted by Crippen LogP contribution is -2.02. The van der Waals surface area contributed by atoms with Gasteiger partial charge in [-0.2, -0.15) is 0 Å². The van der Waals surface area contributed by atoms with Crippen molar-refractivity contribution in [3.8, 4) is 11.3 Å². The Bertz CT molecular complexity index is 647. The highest BCUT2D eigenvalue weighted by Gasteiger charge is 2.13. The molecule has 0 unspecified atom stereocenters. The van der Waals surface area contributed by atoms with Crippen molar-refractivity contribution in [3.05, 3.63) is 51.9 Å². The van der Waals surface area contributed by atoms with Gasteiger partial charge in [0, 0.05) is 16.8 Å². The molecule has 3 nitrogen and oxygen atoms in total. The molecule has 19 heavy (non-hydrogen) atoms. The van der Waals surface area contributed by atoms with E-state index < -0.39 is 11.8 Å². The van der Waals surface area contributed by atoms with Gasteiger partial charge in [0.25, 0.3) is 0 Å². The molecule has 0 saturated carbocycles. The molecule has 2 rings (SSSR count). The van der Waals surface area contributed by atoms with E-state index in [1.54, 1.807) is 12.1 Å². The van der Waals surface area contributed by atoms with Crippen LogP contribution in [0, 0.1) is 5.82 Å². The molecule has 1 aromatic heterocycles. The fourth-order valence-corrected chi connectivity index (χ4v) is 2.01. The fourth-order valence-electron chi connectivity index (χ4n) is 1.63. The number of hydrogen-bond acceptors (Lipinski definition) is 2. The maximum atomic E-state index is 13.9. The van der Waals surface area contributed by atoms with Crippen molar-refractivity contribution in [2.45, 2.75) is 6.42 Å². The van der Waals surface area contributed by atoms with Gasteiger partial charge in [-0.05, 0) is 29.8 Å². The van der Waals surface area contributed by atoms with Gasteiger partial charge in [0.1, 0.15) is 11.5 Å².